The van der Waals surface area contributed by atoms with Crippen molar-refractivity contribution in [2.24, 2.45) is 0 Å². The standard InChI is InChI=1S/C12H12O4/c1-8-10-5-9(6-13)3-4-11(10)16-12(8)15-7-14-2/h3-6H,7H2,1-2H3. The largest absolute Gasteiger partial charge is 0.438 e. The molecule has 0 aliphatic heterocycles. The van der Waals surface area contributed by atoms with Gasteiger partial charge in [0.25, 0.3) is 5.95 Å². The second kappa shape index (κ2) is 4.37. The van der Waals surface area contributed by atoms with Crippen molar-refractivity contribution in [3.63, 3.8) is 0 Å². The lowest BCUT2D eigenvalue weighted by molar-refractivity contribution is 0.0348. The predicted octanol–water partition coefficient (Wildman–Crippen LogP) is 2.54. The quantitative estimate of drug-likeness (QED) is 0.586. The molecule has 0 saturated heterocycles. The second-order valence-electron chi connectivity index (χ2n) is 3.44. The number of carbonyl (C=O) groups excluding carboxylic acids is 1. The molecule has 0 amide bonds. The molecule has 0 N–H and O–H groups in total. The minimum absolute atomic E-state index is 0.140. The summed E-state index contributed by atoms with van der Waals surface area (Å²) in [5.41, 5.74) is 2.19. The molecule has 0 aliphatic rings. The average Bonchev–Trinajstić information content (AvgIpc) is 2.63. The Morgan fingerprint density at radius 1 is 1.44 bits per heavy atom. The molecule has 0 fully saturated rings. The summed E-state index contributed by atoms with van der Waals surface area (Å²) in [7, 11) is 1.54. The molecular weight excluding hydrogens is 208 g/mol. The van der Waals surface area contributed by atoms with Gasteiger partial charge in [-0.25, -0.2) is 0 Å². The molecule has 2 rings (SSSR count). The topological polar surface area (TPSA) is 48.7 Å². The van der Waals surface area contributed by atoms with Crippen LogP contribution in [0.15, 0.2) is 22.6 Å². The van der Waals surface area contributed by atoms with E-state index in [4.69, 9.17) is 13.9 Å². The molecule has 4 nitrogen and oxygen atoms in total. The van der Waals surface area contributed by atoms with Crippen molar-refractivity contribution in [3.05, 3.63) is 29.3 Å². The van der Waals surface area contributed by atoms with Gasteiger partial charge in [0.15, 0.2) is 6.79 Å². The molecule has 1 aromatic heterocycles. The zero-order valence-electron chi connectivity index (χ0n) is 9.15. The number of hydrogen-bond donors (Lipinski definition) is 0. The lowest BCUT2D eigenvalue weighted by Gasteiger charge is -2.00. The van der Waals surface area contributed by atoms with Crippen molar-refractivity contribution in [2.75, 3.05) is 13.9 Å². The number of furan rings is 1. The number of fused-ring (bicyclic) bond motifs is 1. The number of benzene rings is 1. The molecule has 0 saturated carbocycles. The van der Waals surface area contributed by atoms with E-state index in [-0.39, 0.29) is 6.79 Å². The highest BCUT2D eigenvalue weighted by atomic mass is 16.7. The highest BCUT2D eigenvalue weighted by Gasteiger charge is 2.11. The molecule has 0 aliphatic carbocycles. The monoisotopic (exact) mass is 220 g/mol. The Kier molecular flexibility index (Phi) is 2.92. The van der Waals surface area contributed by atoms with Crippen molar-refractivity contribution in [1.29, 1.82) is 0 Å². The minimum Gasteiger partial charge on any atom is -0.438 e. The maximum Gasteiger partial charge on any atom is 0.290 e. The lowest BCUT2D eigenvalue weighted by Crippen LogP contribution is -1.98. The van der Waals surface area contributed by atoms with Gasteiger partial charge in [0.05, 0.1) is 0 Å². The predicted molar refractivity (Wildman–Crippen MR) is 58.8 cm³/mol. The SMILES string of the molecule is COCOc1oc2ccc(C=O)cc2c1C. The minimum atomic E-state index is 0.140. The Labute approximate surface area is 92.8 Å². The van der Waals surface area contributed by atoms with Crippen LogP contribution in [0.3, 0.4) is 0 Å². The van der Waals surface area contributed by atoms with Gasteiger partial charge in [-0.2, -0.15) is 0 Å². The van der Waals surface area contributed by atoms with Gasteiger partial charge in [-0.1, -0.05) is 0 Å². The van der Waals surface area contributed by atoms with E-state index in [1.54, 1.807) is 25.3 Å². The Bertz CT molecular complexity index is 513. The first-order chi connectivity index (χ1) is 7.76. The van der Waals surface area contributed by atoms with Crippen LogP contribution in [0.2, 0.25) is 0 Å². The van der Waals surface area contributed by atoms with Crippen molar-refractivity contribution < 1.29 is 18.7 Å². The van der Waals surface area contributed by atoms with Gasteiger partial charge in [0.2, 0.25) is 0 Å². The first-order valence-electron chi connectivity index (χ1n) is 4.86. The van der Waals surface area contributed by atoms with E-state index >= 15 is 0 Å². The smallest absolute Gasteiger partial charge is 0.290 e. The van der Waals surface area contributed by atoms with E-state index in [0.29, 0.717) is 17.1 Å². The zero-order chi connectivity index (χ0) is 11.5. The fraction of sp³-hybridized carbons (Fsp3) is 0.250. The van der Waals surface area contributed by atoms with Crippen molar-refractivity contribution in [3.8, 4) is 5.95 Å². The number of aldehydes is 1. The van der Waals surface area contributed by atoms with Crippen LogP contribution in [0, 0.1) is 6.92 Å². The fourth-order valence-corrected chi connectivity index (χ4v) is 1.54. The Hall–Kier alpha value is -1.81. The molecule has 1 heterocycles. The molecular formula is C12H12O4. The zero-order valence-corrected chi connectivity index (χ0v) is 9.15. The van der Waals surface area contributed by atoms with E-state index in [2.05, 4.69) is 0 Å². The first-order valence-corrected chi connectivity index (χ1v) is 4.86. The number of aryl methyl sites for hydroxylation is 1. The lowest BCUT2D eigenvalue weighted by atomic mass is 10.1. The number of ether oxygens (including phenoxy) is 2. The maximum atomic E-state index is 10.7. The average molecular weight is 220 g/mol. The summed E-state index contributed by atoms with van der Waals surface area (Å²) in [6, 6.07) is 5.24. The highest BCUT2D eigenvalue weighted by molar-refractivity contribution is 5.89. The summed E-state index contributed by atoms with van der Waals surface area (Å²) < 4.78 is 15.6. The first kappa shape index (κ1) is 10.7. The third-order valence-electron chi connectivity index (χ3n) is 2.36. The summed E-state index contributed by atoms with van der Waals surface area (Å²) in [5.74, 6) is 0.430. The molecule has 2 aromatic rings. The molecule has 16 heavy (non-hydrogen) atoms. The van der Waals surface area contributed by atoms with Gasteiger partial charge in [0.1, 0.15) is 11.9 Å². The van der Waals surface area contributed by atoms with E-state index < -0.39 is 0 Å². The molecule has 0 bridgehead atoms. The van der Waals surface area contributed by atoms with Gasteiger partial charge in [0, 0.05) is 23.6 Å². The summed E-state index contributed by atoms with van der Waals surface area (Å²) in [6.45, 7) is 2.02. The van der Waals surface area contributed by atoms with Gasteiger partial charge < -0.3 is 13.9 Å². The van der Waals surface area contributed by atoms with Crippen molar-refractivity contribution in [2.45, 2.75) is 6.92 Å². The van der Waals surface area contributed by atoms with Crippen molar-refractivity contribution in [1.82, 2.24) is 0 Å². The molecule has 0 atom stereocenters. The van der Waals surface area contributed by atoms with Crippen molar-refractivity contribution >= 4 is 17.3 Å². The van der Waals surface area contributed by atoms with Gasteiger partial charge in [-0.15, -0.1) is 0 Å². The van der Waals surface area contributed by atoms with Gasteiger partial charge >= 0.3 is 0 Å². The number of rotatable bonds is 4. The number of hydrogen-bond acceptors (Lipinski definition) is 4. The molecule has 84 valence electrons. The van der Waals surface area contributed by atoms with Crippen LogP contribution in [0.25, 0.3) is 11.0 Å². The number of methoxy groups -OCH3 is 1. The molecule has 4 heteroatoms. The molecule has 0 unspecified atom stereocenters. The van der Waals surface area contributed by atoms with Gasteiger partial charge in [-0.3, -0.25) is 4.79 Å². The molecule has 0 spiro atoms. The van der Waals surface area contributed by atoms with E-state index in [1.165, 1.54) is 0 Å². The van der Waals surface area contributed by atoms with Crippen LogP contribution in [-0.2, 0) is 4.74 Å². The van der Waals surface area contributed by atoms with Crippen LogP contribution in [-0.4, -0.2) is 20.2 Å². The maximum absolute atomic E-state index is 10.7. The molecule has 0 radical (unpaired) electrons. The fourth-order valence-electron chi connectivity index (χ4n) is 1.54. The highest BCUT2D eigenvalue weighted by Crippen LogP contribution is 2.31. The van der Waals surface area contributed by atoms with Gasteiger partial charge in [-0.05, 0) is 25.1 Å². The van der Waals surface area contributed by atoms with E-state index in [0.717, 1.165) is 17.2 Å². The summed E-state index contributed by atoms with van der Waals surface area (Å²) in [5, 5.41) is 0.885. The van der Waals surface area contributed by atoms with Crippen LogP contribution in [0.4, 0.5) is 0 Å². The van der Waals surface area contributed by atoms with Crippen LogP contribution in [0.1, 0.15) is 15.9 Å². The third kappa shape index (κ3) is 1.79. The number of carbonyl (C=O) groups is 1. The Morgan fingerprint density at radius 3 is 2.94 bits per heavy atom. The molecule has 1 aromatic carbocycles. The second-order valence-corrected chi connectivity index (χ2v) is 3.44. The normalized spacial score (nSPS) is 10.6. The Morgan fingerprint density at radius 2 is 2.25 bits per heavy atom. The summed E-state index contributed by atoms with van der Waals surface area (Å²) >= 11 is 0. The van der Waals surface area contributed by atoms with Crippen LogP contribution >= 0.6 is 0 Å². The van der Waals surface area contributed by atoms with Crippen LogP contribution < -0.4 is 4.74 Å². The summed E-state index contributed by atoms with van der Waals surface area (Å²) in [6.07, 6.45) is 0.807. The van der Waals surface area contributed by atoms with Crippen LogP contribution in [0.5, 0.6) is 5.95 Å². The Balaban J connectivity index is 2.46. The third-order valence-corrected chi connectivity index (χ3v) is 2.36. The van der Waals surface area contributed by atoms with E-state index in [9.17, 15) is 4.79 Å². The van der Waals surface area contributed by atoms with E-state index in [1.807, 2.05) is 6.92 Å². The summed E-state index contributed by atoms with van der Waals surface area (Å²) in [4.78, 5) is 10.7.